The summed E-state index contributed by atoms with van der Waals surface area (Å²) in [6.07, 6.45) is -0.349. The first-order chi connectivity index (χ1) is 14.8. The first-order valence-corrected chi connectivity index (χ1v) is 10.5. The maximum absolute atomic E-state index is 14.8. The van der Waals surface area contributed by atoms with Crippen LogP contribution in [-0.4, -0.2) is 66.3 Å². The van der Waals surface area contributed by atoms with Crippen LogP contribution in [0.5, 0.6) is 0 Å². The molecule has 1 fully saturated rings. The summed E-state index contributed by atoms with van der Waals surface area (Å²) in [6, 6.07) is 12.0. The molecule has 2 amide bonds. The molecule has 2 atom stereocenters. The number of rotatable bonds is 6. The number of halogens is 1. The van der Waals surface area contributed by atoms with Crippen LogP contribution in [0.3, 0.4) is 0 Å². The zero-order valence-corrected chi connectivity index (χ0v) is 17.6. The molecule has 0 radical (unpaired) electrons. The fourth-order valence-corrected chi connectivity index (χ4v) is 5.15. The molecule has 7 nitrogen and oxygen atoms in total. The monoisotopic (exact) mass is 444 g/mol. The van der Waals surface area contributed by atoms with Gasteiger partial charge in [-0.3, -0.25) is 9.59 Å². The van der Waals surface area contributed by atoms with E-state index in [-0.39, 0.29) is 19.6 Å². The van der Waals surface area contributed by atoms with Gasteiger partial charge in [0.2, 0.25) is 5.91 Å². The Bertz CT molecular complexity index is 1180. The van der Waals surface area contributed by atoms with Crippen LogP contribution in [0.2, 0.25) is 0 Å². The highest BCUT2D eigenvalue weighted by atomic mass is 32.1. The molecule has 1 saturated heterocycles. The molecule has 0 spiro atoms. The average molecular weight is 444 g/mol. The van der Waals surface area contributed by atoms with Crippen molar-refractivity contribution in [2.45, 2.75) is 18.1 Å². The molecule has 1 aromatic heterocycles. The minimum absolute atomic E-state index is 0.303. The lowest BCUT2D eigenvalue weighted by Crippen LogP contribution is -2.46. The maximum atomic E-state index is 14.8. The molecule has 0 unspecified atom stereocenters. The number of likely N-dealkylation sites (tertiary alicyclic amines) is 1. The number of nitrogens with zero attached hydrogens (tertiary/aromatic N) is 1. The predicted molar refractivity (Wildman–Crippen MR) is 115 cm³/mol. The van der Waals surface area contributed by atoms with Crippen molar-refractivity contribution in [3.8, 4) is 0 Å². The van der Waals surface area contributed by atoms with Gasteiger partial charge in [-0.25, -0.2) is 9.18 Å². The van der Waals surface area contributed by atoms with E-state index in [0.29, 0.717) is 5.56 Å². The third-order valence-corrected chi connectivity index (χ3v) is 6.57. The molecule has 3 aromatic rings. The Balaban J connectivity index is 1.46. The van der Waals surface area contributed by atoms with E-state index in [1.165, 1.54) is 7.11 Å². The fourth-order valence-electron chi connectivity index (χ4n) is 4.01. The molecule has 162 valence electrons. The van der Waals surface area contributed by atoms with Gasteiger partial charge in [-0.05, 0) is 18.2 Å². The van der Waals surface area contributed by atoms with Gasteiger partial charge < -0.3 is 20.1 Å². The molecule has 9 heteroatoms. The van der Waals surface area contributed by atoms with Crippen molar-refractivity contribution in [3.63, 3.8) is 0 Å². The highest BCUT2D eigenvalue weighted by Crippen LogP contribution is 2.34. The van der Waals surface area contributed by atoms with Gasteiger partial charge in [0, 0.05) is 39.3 Å². The summed E-state index contributed by atoms with van der Waals surface area (Å²) in [5.74, 6) is -2.40. The van der Waals surface area contributed by atoms with Gasteiger partial charge in [0.25, 0.3) is 5.91 Å². The molecule has 2 N–H and O–H groups in total. The van der Waals surface area contributed by atoms with E-state index < -0.39 is 36.0 Å². The molecule has 2 heterocycles. The van der Waals surface area contributed by atoms with Crippen LogP contribution in [0.15, 0.2) is 42.5 Å². The topological polar surface area (TPSA) is 95.9 Å². The van der Waals surface area contributed by atoms with Crippen molar-refractivity contribution < 1.29 is 28.6 Å². The van der Waals surface area contributed by atoms with E-state index in [4.69, 9.17) is 4.74 Å². The number of thiophene rings is 1. The van der Waals surface area contributed by atoms with Crippen LogP contribution in [0.25, 0.3) is 20.2 Å². The van der Waals surface area contributed by atoms with E-state index >= 15 is 0 Å². The first kappa shape index (κ1) is 21.2. The number of carboxylic acids is 1. The van der Waals surface area contributed by atoms with Crippen LogP contribution < -0.4 is 5.32 Å². The van der Waals surface area contributed by atoms with E-state index in [0.717, 1.165) is 25.1 Å². The third kappa shape index (κ3) is 4.11. The summed E-state index contributed by atoms with van der Waals surface area (Å²) in [6.45, 7) is -1.11. The van der Waals surface area contributed by atoms with Crippen molar-refractivity contribution in [3.05, 3.63) is 48.0 Å². The van der Waals surface area contributed by atoms with Gasteiger partial charge in [0.05, 0.1) is 19.7 Å². The van der Waals surface area contributed by atoms with Crippen molar-refractivity contribution in [2.75, 3.05) is 26.8 Å². The van der Waals surface area contributed by atoms with Crippen LogP contribution in [-0.2, 0) is 14.3 Å². The lowest BCUT2D eigenvalue weighted by molar-refractivity contribution is -0.147. The van der Waals surface area contributed by atoms with Crippen LogP contribution in [0.1, 0.15) is 16.8 Å². The predicted octanol–water partition coefficient (Wildman–Crippen LogP) is 2.82. The van der Waals surface area contributed by atoms with Gasteiger partial charge >= 0.3 is 5.97 Å². The minimum atomic E-state index is -1.93. The van der Waals surface area contributed by atoms with Crippen LogP contribution in [0.4, 0.5) is 4.39 Å². The van der Waals surface area contributed by atoms with Crippen molar-refractivity contribution in [1.82, 2.24) is 10.2 Å². The van der Waals surface area contributed by atoms with E-state index in [9.17, 15) is 23.9 Å². The molecule has 0 aliphatic carbocycles. The standard InChI is InChI=1S/C22H21FN2O5S/c1-30-12-22(23)9-16(21(28)29)25(11-22)19(26)10-24-20(27)13-6-7-15-14-4-2-3-5-17(14)31-18(15)8-13/h2-8,16H,9-12H2,1H3,(H,24,27)(H,28,29)/t16-,22+/m0/s1. The highest BCUT2D eigenvalue weighted by Gasteiger charge is 2.49. The molecular formula is C22H21FN2O5S. The number of carbonyl (C=O) groups excluding carboxylic acids is 2. The number of hydrogen-bond acceptors (Lipinski definition) is 5. The number of alkyl halides is 1. The SMILES string of the molecule is COC[C@@]1(F)C[C@@H](C(=O)O)N(C(=O)CNC(=O)c2ccc3c(c2)sc2ccccc23)C1. The Hall–Kier alpha value is -3.04. The normalized spacial score (nSPS) is 21.0. The number of carbonyl (C=O) groups is 3. The smallest absolute Gasteiger partial charge is 0.326 e. The Morgan fingerprint density at radius 3 is 2.71 bits per heavy atom. The molecule has 31 heavy (non-hydrogen) atoms. The first-order valence-electron chi connectivity index (χ1n) is 9.71. The second-order valence-corrected chi connectivity index (χ2v) is 8.74. The Labute approximate surface area is 181 Å². The third-order valence-electron chi connectivity index (χ3n) is 5.44. The number of hydrogen-bond donors (Lipinski definition) is 2. The summed E-state index contributed by atoms with van der Waals surface area (Å²) >= 11 is 1.57. The molecule has 4 rings (SSSR count). The van der Waals surface area contributed by atoms with Crippen LogP contribution >= 0.6 is 11.3 Å². The fraction of sp³-hybridized carbons (Fsp3) is 0.318. The molecule has 0 saturated carbocycles. The van der Waals surface area contributed by atoms with Crippen LogP contribution in [0, 0.1) is 0 Å². The average Bonchev–Trinajstić information content (AvgIpc) is 3.29. The molecule has 2 aromatic carbocycles. The lowest BCUT2D eigenvalue weighted by atomic mass is 10.0. The number of benzene rings is 2. The van der Waals surface area contributed by atoms with Gasteiger partial charge in [0.15, 0.2) is 5.67 Å². The summed E-state index contributed by atoms with van der Waals surface area (Å²) < 4.78 is 21.7. The maximum Gasteiger partial charge on any atom is 0.326 e. The number of methoxy groups -OCH3 is 1. The number of aliphatic carboxylic acids is 1. The number of amides is 2. The van der Waals surface area contributed by atoms with E-state index in [2.05, 4.69) is 5.32 Å². The Morgan fingerprint density at radius 1 is 1.23 bits per heavy atom. The number of fused-ring (bicyclic) bond motifs is 3. The lowest BCUT2D eigenvalue weighted by Gasteiger charge is -2.22. The number of carboxylic acid groups (broad SMARTS) is 1. The van der Waals surface area contributed by atoms with Gasteiger partial charge in [-0.1, -0.05) is 24.3 Å². The second-order valence-electron chi connectivity index (χ2n) is 7.66. The summed E-state index contributed by atoms with van der Waals surface area (Å²) in [4.78, 5) is 37.6. The Morgan fingerprint density at radius 2 is 1.97 bits per heavy atom. The summed E-state index contributed by atoms with van der Waals surface area (Å²) in [5.41, 5.74) is -1.54. The largest absolute Gasteiger partial charge is 0.480 e. The van der Waals surface area contributed by atoms with Crippen molar-refractivity contribution in [1.29, 1.82) is 0 Å². The highest BCUT2D eigenvalue weighted by molar-refractivity contribution is 7.25. The molecular weight excluding hydrogens is 423 g/mol. The van der Waals surface area contributed by atoms with Crippen molar-refractivity contribution in [2.24, 2.45) is 0 Å². The van der Waals surface area contributed by atoms with Gasteiger partial charge in [0.1, 0.15) is 6.04 Å². The molecule has 1 aliphatic rings. The molecule has 0 bridgehead atoms. The minimum Gasteiger partial charge on any atom is -0.480 e. The zero-order chi connectivity index (χ0) is 22.2. The summed E-state index contributed by atoms with van der Waals surface area (Å²) in [5, 5.41) is 14.0. The zero-order valence-electron chi connectivity index (χ0n) is 16.8. The molecule has 1 aliphatic heterocycles. The summed E-state index contributed by atoms with van der Waals surface area (Å²) in [7, 11) is 1.31. The quantitative estimate of drug-likeness (QED) is 0.610. The Kier molecular flexibility index (Phi) is 5.63. The van der Waals surface area contributed by atoms with Crippen molar-refractivity contribution >= 4 is 49.3 Å². The second kappa shape index (κ2) is 8.24. The van der Waals surface area contributed by atoms with E-state index in [1.54, 1.807) is 23.5 Å². The number of nitrogens with one attached hydrogen (secondary N) is 1. The van der Waals surface area contributed by atoms with Gasteiger partial charge in [-0.2, -0.15) is 0 Å². The van der Waals surface area contributed by atoms with E-state index in [1.807, 2.05) is 30.3 Å². The van der Waals surface area contributed by atoms with Gasteiger partial charge in [-0.15, -0.1) is 11.3 Å². The number of ether oxygens (including phenoxy) is 1.